The molecule has 0 spiro atoms. The summed E-state index contributed by atoms with van der Waals surface area (Å²) in [6.45, 7) is 0. The van der Waals surface area contributed by atoms with Crippen molar-refractivity contribution < 1.29 is 24.3 Å². The van der Waals surface area contributed by atoms with Crippen molar-refractivity contribution in [1.29, 1.82) is 0 Å². The lowest BCUT2D eigenvalue weighted by Crippen LogP contribution is -2.33. The number of carboxylic acid groups (broad SMARTS) is 1. The number of hydrogen-bond donors (Lipinski definition) is 1. The standard InChI is InChI=1S/C10H13NO5/c12-8-5-7(6-3-1-2-4-6)9(13)11(8)16-10(14)15/h6-7H,1-5H2,(H,14,15). The van der Waals surface area contributed by atoms with Gasteiger partial charge in [0.25, 0.3) is 11.8 Å². The third kappa shape index (κ3) is 1.87. The molecule has 2 fully saturated rings. The average Bonchev–Trinajstić information content (AvgIpc) is 2.80. The van der Waals surface area contributed by atoms with Crippen LogP contribution in [0.4, 0.5) is 4.79 Å². The Labute approximate surface area is 92.1 Å². The van der Waals surface area contributed by atoms with E-state index in [1.54, 1.807) is 0 Å². The number of nitrogens with zero attached hydrogens (tertiary/aromatic N) is 1. The molecule has 1 unspecified atom stereocenters. The molecular formula is C10H13NO5. The van der Waals surface area contributed by atoms with Crippen molar-refractivity contribution in [1.82, 2.24) is 5.06 Å². The van der Waals surface area contributed by atoms with E-state index in [9.17, 15) is 14.4 Å². The van der Waals surface area contributed by atoms with Crippen LogP contribution in [0, 0.1) is 11.8 Å². The Hall–Kier alpha value is -1.59. The van der Waals surface area contributed by atoms with Crippen molar-refractivity contribution in [2.75, 3.05) is 0 Å². The van der Waals surface area contributed by atoms with Gasteiger partial charge in [-0.3, -0.25) is 14.4 Å². The Balaban J connectivity index is 2.06. The lowest BCUT2D eigenvalue weighted by Gasteiger charge is -2.15. The highest BCUT2D eigenvalue weighted by Crippen LogP contribution is 2.37. The van der Waals surface area contributed by atoms with Crippen LogP contribution in [0.2, 0.25) is 0 Å². The molecule has 0 bridgehead atoms. The van der Waals surface area contributed by atoms with Gasteiger partial charge in [0.1, 0.15) is 0 Å². The zero-order valence-electron chi connectivity index (χ0n) is 8.72. The van der Waals surface area contributed by atoms with Crippen LogP contribution in [0.1, 0.15) is 32.1 Å². The zero-order valence-corrected chi connectivity index (χ0v) is 8.72. The van der Waals surface area contributed by atoms with Crippen molar-refractivity contribution in [3.63, 3.8) is 0 Å². The molecule has 0 aromatic heterocycles. The highest BCUT2D eigenvalue weighted by molar-refractivity contribution is 6.03. The van der Waals surface area contributed by atoms with Crippen molar-refractivity contribution >= 4 is 18.0 Å². The van der Waals surface area contributed by atoms with Gasteiger partial charge in [-0.15, -0.1) is 0 Å². The van der Waals surface area contributed by atoms with Gasteiger partial charge in [0.2, 0.25) is 0 Å². The van der Waals surface area contributed by atoms with Crippen molar-refractivity contribution in [3.05, 3.63) is 0 Å². The minimum atomic E-state index is -1.63. The van der Waals surface area contributed by atoms with Crippen LogP contribution in [-0.4, -0.2) is 28.1 Å². The lowest BCUT2D eigenvalue weighted by atomic mass is 9.90. The molecule has 2 amide bonds. The molecule has 6 heteroatoms. The van der Waals surface area contributed by atoms with Crippen LogP contribution in [0.15, 0.2) is 0 Å². The lowest BCUT2D eigenvalue weighted by molar-refractivity contribution is -0.177. The third-order valence-electron chi connectivity index (χ3n) is 3.28. The van der Waals surface area contributed by atoms with Gasteiger partial charge >= 0.3 is 6.16 Å². The predicted octanol–water partition coefficient (Wildman–Crippen LogP) is 1.16. The minimum Gasteiger partial charge on any atom is -0.448 e. The maximum atomic E-state index is 11.8. The van der Waals surface area contributed by atoms with Gasteiger partial charge in [0, 0.05) is 6.42 Å². The average molecular weight is 227 g/mol. The van der Waals surface area contributed by atoms with Gasteiger partial charge in [-0.05, 0) is 18.8 Å². The van der Waals surface area contributed by atoms with Crippen LogP contribution in [0.25, 0.3) is 0 Å². The molecule has 2 rings (SSSR count). The molecule has 0 aromatic carbocycles. The number of rotatable bonds is 2. The Kier molecular flexibility index (Phi) is 2.80. The molecule has 1 saturated heterocycles. The molecule has 0 radical (unpaired) electrons. The van der Waals surface area contributed by atoms with E-state index in [-0.39, 0.29) is 18.3 Å². The highest BCUT2D eigenvalue weighted by atomic mass is 16.8. The second-order valence-electron chi connectivity index (χ2n) is 4.24. The second-order valence-corrected chi connectivity index (χ2v) is 4.24. The van der Waals surface area contributed by atoms with Crippen molar-refractivity contribution in [3.8, 4) is 0 Å². The molecule has 1 heterocycles. The van der Waals surface area contributed by atoms with Crippen molar-refractivity contribution in [2.45, 2.75) is 32.1 Å². The molecule has 0 aromatic rings. The molecule has 2 aliphatic rings. The van der Waals surface area contributed by atoms with Gasteiger partial charge in [-0.2, -0.15) is 0 Å². The fraction of sp³-hybridized carbons (Fsp3) is 0.700. The summed E-state index contributed by atoms with van der Waals surface area (Å²) < 4.78 is 0. The van der Waals surface area contributed by atoms with Crippen molar-refractivity contribution in [2.24, 2.45) is 11.8 Å². The minimum absolute atomic E-state index is 0.0801. The van der Waals surface area contributed by atoms with Gasteiger partial charge in [-0.1, -0.05) is 17.9 Å². The highest BCUT2D eigenvalue weighted by Gasteiger charge is 2.45. The number of hydrogen-bond acceptors (Lipinski definition) is 4. The van der Waals surface area contributed by atoms with Crippen LogP contribution in [-0.2, 0) is 14.4 Å². The summed E-state index contributed by atoms with van der Waals surface area (Å²) in [5.41, 5.74) is 0. The van der Waals surface area contributed by atoms with E-state index in [0.717, 1.165) is 25.7 Å². The topological polar surface area (TPSA) is 83.9 Å². The summed E-state index contributed by atoms with van der Waals surface area (Å²) in [6.07, 6.45) is 2.46. The first kappa shape index (κ1) is 10.9. The van der Waals surface area contributed by atoms with Crippen LogP contribution >= 0.6 is 0 Å². The third-order valence-corrected chi connectivity index (χ3v) is 3.28. The Morgan fingerprint density at radius 3 is 2.50 bits per heavy atom. The second kappa shape index (κ2) is 4.11. The Morgan fingerprint density at radius 2 is 1.94 bits per heavy atom. The summed E-state index contributed by atoms with van der Waals surface area (Å²) in [4.78, 5) is 37.6. The quantitative estimate of drug-likeness (QED) is 0.715. The monoisotopic (exact) mass is 227 g/mol. The van der Waals surface area contributed by atoms with E-state index in [4.69, 9.17) is 5.11 Å². The van der Waals surface area contributed by atoms with Gasteiger partial charge < -0.3 is 5.11 Å². The van der Waals surface area contributed by atoms with Crippen LogP contribution in [0.3, 0.4) is 0 Å². The summed E-state index contributed by atoms with van der Waals surface area (Å²) >= 11 is 0. The maximum absolute atomic E-state index is 11.8. The SMILES string of the molecule is O=C(O)ON1C(=O)CC(C2CCCC2)C1=O. The van der Waals surface area contributed by atoms with Crippen LogP contribution in [0.5, 0.6) is 0 Å². The Morgan fingerprint density at radius 1 is 1.31 bits per heavy atom. The number of carbonyl (C=O) groups is 3. The molecule has 1 aliphatic carbocycles. The van der Waals surface area contributed by atoms with E-state index in [1.807, 2.05) is 0 Å². The summed E-state index contributed by atoms with van der Waals surface area (Å²) in [5, 5.41) is 8.79. The number of hydroxylamine groups is 2. The number of imide groups is 1. The van der Waals surface area contributed by atoms with Gasteiger partial charge in [0.15, 0.2) is 0 Å². The molecule has 6 nitrogen and oxygen atoms in total. The summed E-state index contributed by atoms with van der Waals surface area (Å²) in [7, 11) is 0. The van der Waals surface area contributed by atoms with E-state index in [1.165, 1.54) is 0 Å². The largest absolute Gasteiger partial charge is 0.531 e. The van der Waals surface area contributed by atoms with Gasteiger partial charge in [0.05, 0.1) is 5.92 Å². The molecule has 1 N–H and O–H groups in total. The Bertz CT molecular complexity index is 334. The van der Waals surface area contributed by atoms with Gasteiger partial charge in [-0.25, -0.2) is 4.79 Å². The molecule has 1 atom stereocenters. The summed E-state index contributed by atoms with van der Waals surface area (Å²) in [5.74, 6) is -1.23. The molecule has 88 valence electrons. The number of carbonyl (C=O) groups excluding carboxylic acids is 2. The molecule has 16 heavy (non-hydrogen) atoms. The smallest absolute Gasteiger partial charge is 0.448 e. The van der Waals surface area contributed by atoms with Crippen LogP contribution < -0.4 is 0 Å². The predicted molar refractivity (Wildman–Crippen MR) is 51.0 cm³/mol. The molecular weight excluding hydrogens is 214 g/mol. The summed E-state index contributed by atoms with van der Waals surface area (Å²) in [6, 6.07) is 0. The first-order chi connectivity index (χ1) is 7.59. The zero-order chi connectivity index (χ0) is 11.7. The first-order valence-corrected chi connectivity index (χ1v) is 5.37. The maximum Gasteiger partial charge on any atom is 0.531 e. The fourth-order valence-electron chi connectivity index (χ4n) is 2.53. The molecule has 1 saturated carbocycles. The van der Waals surface area contributed by atoms with E-state index in [2.05, 4.69) is 4.84 Å². The fourth-order valence-corrected chi connectivity index (χ4v) is 2.53. The normalized spacial score (nSPS) is 26.5. The van der Waals surface area contributed by atoms with E-state index in [0.29, 0.717) is 5.06 Å². The molecule has 1 aliphatic heterocycles. The first-order valence-electron chi connectivity index (χ1n) is 5.37. The van der Waals surface area contributed by atoms with E-state index < -0.39 is 18.0 Å². The number of amides is 2. The van der Waals surface area contributed by atoms with E-state index >= 15 is 0 Å².